The second kappa shape index (κ2) is 69.0. The number of hydrogen-bond acceptors (Lipinski definition) is 21. The number of ether oxygens (including phenoxy) is 10. The highest BCUT2D eigenvalue weighted by Gasteiger charge is 2.53. The number of hydrogen-bond donors (Lipinski definition) is 11. The largest absolute Gasteiger partial charge is 0.394 e. The maximum atomic E-state index is 11.4. The minimum Gasteiger partial charge on any atom is -0.394 e. The Morgan fingerprint density at radius 2 is 0.496 bits per heavy atom. The molecule has 0 saturated carbocycles. The van der Waals surface area contributed by atoms with E-state index in [1.807, 2.05) is 0 Å². The van der Waals surface area contributed by atoms with Crippen molar-refractivity contribution in [3.8, 4) is 0 Å². The molecule has 0 amide bonds. The van der Waals surface area contributed by atoms with Gasteiger partial charge in [-0.3, -0.25) is 0 Å². The molecule has 0 aliphatic carbocycles. The summed E-state index contributed by atoms with van der Waals surface area (Å²) in [5, 5.41) is 115. The van der Waals surface area contributed by atoms with E-state index in [4.69, 9.17) is 47.4 Å². The molecular weight excluding hydrogens is 1590 g/mol. The van der Waals surface area contributed by atoms with Crippen molar-refractivity contribution in [2.75, 3.05) is 72.7 Å². The van der Waals surface area contributed by atoms with Gasteiger partial charge in [0.2, 0.25) is 0 Å². The van der Waals surface area contributed by atoms with Gasteiger partial charge in [-0.05, 0) is 120 Å². The van der Waals surface area contributed by atoms with Crippen LogP contribution in [0, 0.1) is 94.7 Å². The standard InChI is InChI=1S/C104H202O21/c1-72-29-17-33-76(5)41-25-49-84(13)57-61-116-68-88(70-120-102-97(114)95(112)99(123-102)90(108)65-105)118-63-59-86(15)51-27-43-78(7)35-19-31-74(3)39-23-47-82(11)55-56-83(12)48-24-40-75(4)32-20-36-79(8)44-28-52-87(16)60-64-119-89(71-121-104-101(98(115)100(124-104)91(109)66-106)125-103-96(113)94(111)93(110)92(67-107)122-103)69-117-62-58-85(14)50-26-42-77(6)34-18-30-73(2)38-22-46-81(10)54-53-80(9)45-21-37-72/h72-115H,17-71H2,1-16H3/t72-,73-,74-,75-,76+,77+,78+,79+,80-,81-,82-,83-,84+,85+,86+,87+,88?,89?,90+,91+,92+,93+,94-,95+,96+,97+,98-,99-,100-,101+,102+,103+,104+/m0/s1. The molecule has 2 unspecified atom stereocenters. The second-order valence-corrected chi connectivity index (χ2v) is 43.2. The van der Waals surface area contributed by atoms with Gasteiger partial charge in [-0.25, -0.2) is 0 Å². The quantitative estimate of drug-likeness (QED) is 0.0816. The first kappa shape index (κ1) is 116. The summed E-state index contributed by atoms with van der Waals surface area (Å²) in [4.78, 5) is 0. The van der Waals surface area contributed by atoms with Gasteiger partial charge in [-0.2, -0.15) is 0 Å². The molecule has 0 aromatic heterocycles. The Morgan fingerprint density at radius 3 is 0.776 bits per heavy atom. The Balaban J connectivity index is 1.26. The first-order valence-electron chi connectivity index (χ1n) is 52.3. The van der Waals surface area contributed by atoms with Gasteiger partial charge in [0, 0.05) is 26.4 Å². The van der Waals surface area contributed by atoms with Gasteiger partial charge < -0.3 is 104 Å². The van der Waals surface area contributed by atoms with E-state index >= 15 is 0 Å². The highest BCUT2D eigenvalue weighted by Crippen LogP contribution is 2.36. The molecule has 0 spiro atoms. The van der Waals surface area contributed by atoms with Crippen LogP contribution in [-0.2, 0) is 47.4 Å². The molecule has 4 aliphatic heterocycles. The van der Waals surface area contributed by atoms with Crippen LogP contribution in [0.3, 0.4) is 0 Å². The molecule has 0 bridgehead atoms. The third-order valence-corrected chi connectivity index (χ3v) is 29.7. The maximum Gasteiger partial charge on any atom is 0.187 e. The fraction of sp³-hybridized carbons (Fsp3) is 1.00. The summed E-state index contributed by atoms with van der Waals surface area (Å²) in [7, 11) is 0. The number of rotatable bonds is 13. The molecule has 21 heteroatoms. The van der Waals surface area contributed by atoms with Gasteiger partial charge in [-0.1, -0.05) is 368 Å². The maximum absolute atomic E-state index is 11.4. The lowest BCUT2D eigenvalue weighted by Gasteiger charge is -2.41. The lowest BCUT2D eigenvalue weighted by atomic mass is 9.88. The minimum atomic E-state index is -1.75. The van der Waals surface area contributed by atoms with E-state index in [0.717, 1.165) is 104 Å². The first-order valence-corrected chi connectivity index (χ1v) is 52.3. The monoisotopic (exact) mass is 1790 g/mol. The SMILES string of the molecule is C[C@@H]1CCC[C@H](C)CCC[C@H](C)CC[C@@H](C)CCC[C@@H](C)CCC[C@@H](C)CCC[C@@H](C)CCOCC(CO[C@@H]2O[C@@H]([C@H](O)CO)[C@H](O)[C@H]2O[C@H]2O[C@H](CO)[C@@H](O)[C@H](O)[C@H]2O)OCC[C@H](C)CCC[C@H](C)CCC[C@H](C)CCC[C@H](C)CC[C@@H](C)CCC[C@@H](C)CCC[C@@H](C)CCC[C@@H](C)CCOC(CO[C@@H]2O[C@@H]([C@H](O)CO)[C@H](O)[C@H]2O)COCC[C@H](C)CCC1. The van der Waals surface area contributed by atoms with Crippen LogP contribution in [0.15, 0.2) is 0 Å². The fourth-order valence-electron chi connectivity index (χ4n) is 19.7. The van der Waals surface area contributed by atoms with E-state index in [1.54, 1.807) is 0 Å². The average molecular weight is 1790 g/mol. The Morgan fingerprint density at radius 1 is 0.256 bits per heavy atom. The van der Waals surface area contributed by atoms with Crippen LogP contribution in [0.1, 0.15) is 393 Å². The summed E-state index contributed by atoms with van der Waals surface area (Å²) in [5.74, 6) is 11.1. The van der Waals surface area contributed by atoms with Gasteiger partial charge in [-0.15, -0.1) is 0 Å². The van der Waals surface area contributed by atoms with E-state index in [-0.39, 0.29) is 25.9 Å². The molecule has 4 fully saturated rings. The minimum absolute atomic E-state index is 0.0288. The normalized spacial score (nSPS) is 40.0. The average Bonchev–Trinajstić information content (AvgIpc) is 1.81. The molecule has 0 aromatic carbocycles. The highest BCUT2D eigenvalue weighted by molar-refractivity contribution is 4.96. The van der Waals surface area contributed by atoms with Gasteiger partial charge in [0.25, 0.3) is 0 Å². The molecule has 0 radical (unpaired) electrons. The van der Waals surface area contributed by atoms with Crippen molar-refractivity contribution in [1.82, 2.24) is 0 Å². The predicted octanol–water partition coefficient (Wildman–Crippen LogP) is 19.6. The summed E-state index contributed by atoms with van der Waals surface area (Å²) in [6.07, 6.45) is 32.8. The smallest absolute Gasteiger partial charge is 0.187 e. The Bertz CT molecular complexity index is 2490. The fourth-order valence-corrected chi connectivity index (χ4v) is 19.7. The molecule has 744 valence electrons. The Kier molecular flexibility index (Phi) is 64.3. The zero-order valence-corrected chi connectivity index (χ0v) is 82.9. The van der Waals surface area contributed by atoms with Crippen LogP contribution in [0.25, 0.3) is 0 Å². The molecule has 4 saturated heterocycles. The Labute approximate surface area is 764 Å². The molecule has 0 aromatic rings. The van der Waals surface area contributed by atoms with Crippen molar-refractivity contribution in [3.63, 3.8) is 0 Å². The second-order valence-electron chi connectivity index (χ2n) is 43.2. The summed E-state index contributed by atoms with van der Waals surface area (Å²) in [5.41, 5.74) is 0. The zero-order chi connectivity index (χ0) is 92.0. The molecule has 11 N–H and O–H groups in total. The van der Waals surface area contributed by atoms with Crippen LogP contribution in [-0.4, -0.2) is 233 Å². The molecule has 33 atom stereocenters. The molecule has 4 heterocycles. The van der Waals surface area contributed by atoms with Crippen molar-refractivity contribution >= 4 is 0 Å². The molecule has 4 aliphatic rings. The van der Waals surface area contributed by atoms with E-state index in [2.05, 4.69) is 111 Å². The van der Waals surface area contributed by atoms with E-state index < -0.39 is 118 Å². The van der Waals surface area contributed by atoms with Crippen molar-refractivity contribution in [2.45, 2.75) is 498 Å². The third-order valence-electron chi connectivity index (χ3n) is 29.7. The van der Waals surface area contributed by atoms with E-state index in [0.29, 0.717) is 68.5 Å². The molecule has 125 heavy (non-hydrogen) atoms. The van der Waals surface area contributed by atoms with Crippen molar-refractivity contribution in [1.29, 1.82) is 0 Å². The predicted molar refractivity (Wildman–Crippen MR) is 503 cm³/mol. The number of aliphatic hydroxyl groups is 11. The van der Waals surface area contributed by atoms with E-state index in [9.17, 15) is 56.2 Å². The van der Waals surface area contributed by atoms with Crippen molar-refractivity contribution < 1.29 is 104 Å². The molecule has 21 nitrogen and oxygen atoms in total. The lowest BCUT2D eigenvalue weighted by Crippen LogP contribution is -2.60. The van der Waals surface area contributed by atoms with Crippen LogP contribution < -0.4 is 0 Å². The summed E-state index contributed by atoms with van der Waals surface area (Å²) < 4.78 is 61.2. The Hall–Kier alpha value is -0.840. The first-order chi connectivity index (χ1) is 59.8. The number of aliphatic hydroxyl groups excluding tert-OH is 11. The lowest BCUT2D eigenvalue weighted by molar-refractivity contribution is -0.327. The summed E-state index contributed by atoms with van der Waals surface area (Å²) >= 11 is 0. The van der Waals surface area contributed by atoms with Gasteiger partial charge >= 0.3 is 0 Å². The topological polar surface area (TPSA) is 315 Å². The third kappa shape index (κ3) is 51.6. The highest BCUT2D eigenvalue weighted by atomic mass is 16.8. The van der Waals surface area contributed by atoms with Gasteiger partial charge in [0.05, 0.1) is 46.2 Å². The van der Waals surface area contributed by atoms with Crippen molar-refractivity contribution in [2.24, 2.45) is 94.7 Å². The van der Waals surface area contributed by atoms with Crippen LogP contribution in [0.4, 0.5) is 0 Å². The zero-order valence-electron chi connectivity index (χ0n) is 82.9. The molecular formula is C104H202O21. The van der Waals surface area contributed by atoms with Crippen LogP contribution >= 0.6 is 0 Å². The van der Waals surface area contributed by atoms with E-state index in [1.165, 1.54) is 238 Å². The van der Waals surface area contributed by atoms with Crippen LogP contribution in [0.2, 0.25) is 0 Å². The molecule has 4 rings (SSSR count). The summed E-state index contributed by atoms with van der Waals surface area (Å²) in [6, 6.07) is 0. The van der Waals surface area contributed by atoms with Gasteiger partial charge in [0.1, 0.15) is 85.5 Å². The van der Waals surface area contributed by atoms with Gasteiger partial charge in [0.15, 0.2) is 18.9 Å². The summed E-state index contributed by atoms with van der Waals surface area (Å²) in [6.45, 7) is 39.7. The van der Waals surface area contributed by atoms with Crippen LogP contribution in [0.5, 0.6) is 0 Å². The van der Waals surface area contributed by atoms with Crippen molar-refractivity contribution in [3.05, 3.63) is 0 Å².